The highest BCUT2D eigenvalue weighted by molar-refractivity contribution is 5.99. The smallest absolute Gasteiger partial charge is 0.406 e. The molecule has 4 nitrogen and oxygen atoms in total. The number of amides is 1. The number of nitrogens with zero attached hydrogens (tertiary/aromatic N) is 1. The van der Waals surface area contributed by atoms with Crippen LogP contribution in [0.2, 0.25) is 0 Å². The Morgan fingerprint density at radius 1 is 1.12 bits per heavy atom. The highest BCUT2D eigenvalue weighted by Crippen LogP contribution is 2.30. The fourth-order valence-electron chi connectivity index (χ4n) is 2.73. The molecule has 1 amide bonds. The van der Waals surface area contributed by atoms with Crippen molar-refractivity contribution in [1.29, 1.82) is 0 Å². The van der Waals surface area contributed by atoms with Gasteiger partial charge in [-0.05, 0) is 35.4 Å². The third kappa shape index (κ3) is 4.12. The Bertz CT molecular complexity index is 814. The van der Waals surface area contributed by atoms with Gasteiger partial charge in [0.2, 0.25) is 5.91 Å². The minimum atomic E-state index is -4.71. The van der Waals surface area contributed by atoms with Gasteiger partial charge < -0.3 is 15.4 Å². The molecule has 0 fully saturated rings. The van der Waals surface area contributed by atoms with Crippen molar-refractivity contribution >= 4 is 17.7 Å². The minimum Gasteiger partial charge on any atom is -0.406 e. The van der Waals surface area contributed by atoms with Gasteiger partial charge in [-0.25, -0.2) is 0 Å². The van der Waals surface area contributed by atoms with Crippen LogP contribution in [0.4, 0.5) is 18.9 Å². The summed E-state index contributed by atoms with van der Waals surface area (Å²) in [6, 6.07) is 13.2. The first kappa shape index (κ1) is 16.9. The second-order valence-electron chi connectivity index (χ2n) is 5.64. The van der Waals surface area contributed by atoms with Crippen molar-refractivity contribution in [2.75, 3.05) is 11.4 Å². The zero-order valence-electron chi connectivity index (χ0n) is 13.1. The molecule has 0 bridgehead atoms. The van der Waals surface area contributed by atoms with Crippen LogP contribution in [0.15, 0.2) is 54.1 Å². The van der Waals surface area contributed by atoms with Crippen LogP contribution in [-0.4, -0.2) is 18.8 Å². The van der Waals surface area contributed by atoms with E-state index in [1.807, 2.05) is 29.2 Å². The molecule has 1 aliphatic rings. The van der Waals surface area contributed by atoms with Gasteiger partial charge in [0.05, 0.1) is 0 Å². The van der Waals surface area contributed by atoms with Crippen LogP contribution in [0.5, 0.6) is 5.75 Å². The molecule has 7 heteroatoms. The predicted molar refractivity (Wildman–Crippen MR) is 87.8 cm³/mol. The number of hydrogen-bond acceptors (Lipinski definition) is 3. The molecule has 1 heterocycles. The summed E-state index contributed by atoms with van der Waals surface area (Å²) in [5.74, 6) is -0.763. The maximum atomic E-state index is 12.2. The second-order valence-corrected chi connectivity index (χ2v) is 5.64. The summed E-state index contributed by atoms with van der Waals surface area (Å²) in [7, 11) is 0. The molecule has 2 N–H and O–H groups in total. The first-order valence-corrected chi connectivity index (χ1v) is 7.51. The second kappa shape index (κ2) is 6.51. The molecule has 130 valence electrons. The maximum Gasteiger partial charge on any atom is 0.573 e. The monoisotopic (exact) mass is 348 g/mol. The van der Waals surface area contributed by atoms with Crippen molar-refractivity contribution in [3.8, 4) is 5.75 Å². The lowest BCUT2D eigenvalue weighted by molar-refractivity contribution is -0.274. The Morgan fingerprint density at radius 3 is 2.44 bits per heavy atom. The molecule has 1 aliphatic heterocycles. The number of carbonyl (C=O) groups excluding carboxylic acids is 1. The molecule has 0 saturated heterocycles. The van der Waals surface area contributed by atoms with E-state index in [2.05, 4.69) is 4.74 Å². The van der Waals surface area contributed by atoms with Crippen molar-refractivity contribution in [3.05, 3.63) is 65.2 Å². The first-order valence-electron chi connectivity index (χ1n) is 7.51. The summed E-state index contributed by atoms with van der Waals surface area (Å²) in [6.07, 6.45) is -2.96. The molecule has 3 rings (SSSR count). The van der Waals surface area contributed by atoms with Crippen LogP contribution >= 0.6 is 0 Å². The van der Waals surface area contributed by atoms with E-state index in [9.17, 15) is 18.0 Å². The van der Waals surface area contributed by atoms with Crippen LogP contribution in [0.25, 0.3) is 6.08 Å². The Balaban J connectivity index is 1.80. The quantitative estimate of drug-likeness (QED) is 0.920. The maximum absolute atomic E-state index is 12.2. The van der Waals surface area contributed by atoms with Crippen LogP contribution in [0.1, 0.15) is 11.1 Å². The van der Waals surface area contributed by atoms with Gasteiger partial charge in [-0.2, -0.15) is 0 Å². The molecule has 0 atom stereocenters. The number of fused-ring (bicyclic) bond motifs is 1. The molecule has 2 aromatic carbocycles. The van der Waals surface area contributed by atoms with Gasteiger partial charge in [-0.3, -0.25) is 4.79 Å². The lowest BCUT2D eigenvalue weighted by atomic mass is 10.0. The highest BCUT2D eigenvalue weighted by Gasteiger charge is 2.31. The van der Waals surface area contributed by atoms with E-state index in [1.165, 1.54) is 12.1 Å². The lowest BCUT2D eigenvalue weighted by Crippen LogP contribution is -2.32. The van der Waals surface area contributed by atoms with Crippen molar-refractivity contribution in [1.82, 2.24) is 0 Å². The van der Waals surface area contributed by atoms with Crippen molar-refractivity contribution < 1.29 is 22.7 Å². The number of hydrogen-bond donors (Lipinski definition) is 1. The SMILES string of the molecule is NC(=O)C1=Cc2ccccc2N(Cc2ccc(OC(F)(F)F)cc2)C1. The average Bonchev–Trinajstić information content (AvgIpc) is 2.55. The van der Waals surface area contributed by atoms with Gasteiger partial charge in [0.1, 0.15) is 5.75 Å². The van der Waals surface area contributed by atoms with Crippen molar-refractivity contribution in [2.45, 2.75) is 12.9 Å². The number of primary amides is 1. The van der Waals surface area contributed by atoms with Gasteiger partial charge >= 0.3 is 6.36 Å². The van der Waals surface area contributed by atoms with Gasteiger partial charge in [0, 0.05) is 24.4 Å². The number of para-hydroxylation sites is 1. The normalized spacial score (nSPS) is 13.9. The number of rotatable bonds is 4. The van der Waals surface area contributed by atoms with E-state index >= 15 is 0 Å². The number of halogens is 3. The number of benzene rings is 2. The molecule has 0 aliphatic carbocycles. The molecule has 0 unspecified atom stereocenters. The Labute approximate surface area is 142 Å². The van der Waals surface area contributed by atoms with Crippen molar-refractivity contribution in [3.63, 3.8) is 0 Å². The fourth-order valence-corrected chi connectivity index (χ4v) is 2.73. The van der Waals surface area contributed by atoms with Gasteiger partial charge in [0.25, 0.3) is 0 Å². The molecule has 0 saturated carbocycles. The standard InChI is InChI=1S/C18H15F3N2O2/c19-18(20,21)25-15-7-5-12(6-8-15)10-23-11-14(17(22)24)9-13-3-1-2-4-16(13)23/h1-9H,10-11H2,(H2,22,24). The Kier molecular flexibility index (Phi) is 4.39. The average molecular weight is 348 g/mol. The van der Waals surface area contributed by atoms with E-state index in [4.69, 9.17) is 5.73 Å². The van der Waals surface area contributed by atoms with Crippen LogP contribution in [0, 0.1) is 0 Å². The summed E-state index contributed by atoms with van der Waals surface area (Å²) in [5.41, 5.74) is 8.48. The van der Waals surface area contributed by atoms with Crippen LogP contribution in [0.3, 0.4) is 0 Å². The molecule has 0 spiro atoms. The predicted octanol–water partition coefficient (Wildman–Crippen LogP) is 3.47. The number of carbonyl (C=O) groups is 1. The van der Waals surface area contributed by atoms with Crippen LogP contribution < -0.4 is 15.4 Å². The summed E-state index contributed by atoms with van der Waals surface area (Å²) < 4.78 is 40.5. The van der Waals surface area contributed by atoms with E-state index < -0.39 is 12.3 Å². The fraction of sp³-hybridized carbons (Fsp3) is 0.167. The summed E-state index contributed by atoms with van der Waals surface area (Å²) in [4.78, 5) is 13.5. The number of anilines is 1. The lowest BCUT2D eigenvalue weighted by Gasteiger charge is -2.30. The third-order valence-corrected chi connectivity index (χ3v) is 3.82. The molecule has 2 aromatic rings. The zero-order valence-corrected chi connectivity index (χ0v) is 13.1. The van der Waals surface area contributed by atoms with Gasteiger partial charge in [-0.1, -0.05) is 30.3 Å². The zero-order chi connectivity index (χ0) is 18.0. The molecular weight excluding hydrogens is 333 g/mol. The van der Waals surface area contributed by atoms with Gasteiger partial charge in [0.15, 0.2) is 0 Å². The van der Waals surface area contributed by atoms with Crippen molar-refractivity contribution in [2.24, 2.45) is 5.73 Å². The molecule has 0 aromatic heterocycles. The first-order chi connectivity index (χ1) is 11.8. The minimum absolute atomic E-state index is 0.270. The van der Waals surface area contributed by atoms with Gasteiger partial charge in [-0.15, -0.1) is 13.2 Å². The van der Waals surface area contributed by atoms with E-state index in [-0.39, 0.29) is 5.75 Å². The number of ether oxygens (including phenoxy) is 1. The molecule has 25 heavy (non-hydrogen) atoms. The Morgan fingerprint density at radius 2 is 1.80 bits per heavy atom. The Hall–Kier alpha value is -2.96. The summed E-state index contributed by atoms with van der Waals surface area (Å²) in [6.45, 7) is 0.765. The topological polar surface area (TPSA) is 55.6 Å². The number of alkyl halides is 3. The molecule has 0 radical (unpaired) electrons. The summed E-state index contributed by atoms with van der Waals surface area (Å²) >= 11 is 0. The van der Waals surface area contributed by atoms with Crippen LogP contribution in [-0.2, 0) is 11.3 Å². The summed E-state index contributed by atoms with van der Waals surface area (Å²) in [5, 5.41) is 0. The highest BCUT2D eigenvalue weighted by atomic mass is 19.4. The molecular formula is C18H15F3N2O2. The van der Waals surface area contributed by atoms with E-state index in [0.717, 1.165) is 16.8 Å². The van der Waals surface area contributed by atoms with E-state index in [1.54, 1.807) is 18.2 Å². The number of nitrogens with two attached hydrogens (primary N) is 1. The third-order valence-electron chi connectivity index (χ3n) is 3.82. The van der Waals surface area contributed by atoms with E-state index in [0.29, 0.717) is 18.7 Å². The largest absolute Gasteiger partial charge is 0.573 e.